The first-order valence-electron chi connectivity index (χ1n) is 8.49. The minimum atomic E-state index is -0.443. The quantitative estimate of drug-likeness (QED) is 0.647. The van der Waals surface area contributed by atoms with E-state index in [0.29, 0.717) is 53.4 Å². The van der Waals surface area contributed by atoms with Gasteiger partial charge in [-0.1, -0.05) is 13.8 Å². The number of hydrogen-bond donors (Lipinski definition) is 2. The van der Waals surface area contributed by atoms with Crippen molar-refractivity contribution in [3.8, 4) is 17.2 Å². The van der Waals surface area contributed by atoms with Gasteiger partial charge in [0.2, 0.25) is 23.6 Å². The highest BCUT2D eigenvalue weighted by molar-refractivity contribution is 5.91. The zero-order chi connectivity index (χ0) is 19.2. The van der Waals surface area contributed by atoms with Crippen molar-refractivity contribution in [2.45, 2.75) is 33.2 Å². The third-order valence-corrected chi connectivity index (χ3v) is 3.68. The van der Waals surface area contributed by atoms with E-state index in [2.05, 4.69) is 31.0 Å². The van der Waals surface area contributed by atoms with E-state index in [9.17, 15) is 4.79 Å². The van der Waals surface area contributed by atoms with E-state index in [0.717, 1.165) is 0 Å². The van der Waals surface area contributed by atoms with E-state index in [1.165, 1.54) is 7.11 Å². The molecular formula is C17H20N6O4. The first-order valence-corrected chi connectivity index (χ1v) is 8.49. The molecule has 0 unspecified atom stereocenters. The molecule has 0 saturated heterocycles. The van der Waals surface area contributed by atoms with Crippen molar-refractivity contribution in [3.63, 3.8) is 0 Å². The fourth-order valence-corrected chi connectivity index (χ4v) is 2.28. The molecule has 0 saturated carbocycles. The molecular weight excluding hydrogens is 352 g/mol. The zero-order valence-corrected chi connectivity index (χ0v) is 15.3. The summed E-state index contributed by atoms with van der Waals surface area (Å²) in [6, 6.07) is 4.75. The number of hydrogen-bond acceptors (Lipinski definition) is 8. The molecule has 2 N–H and O–H groups in total. The van der Waals surface area contributed by atoms with Gasteiger partial charge >= 0.3 is 6.03 Å². The summed E-state index contributed by atoms with van der Waals surface area (Å²) in [7, 11) is 1.52. The summed E-state index contributed by atoms with van der Waals surface area (Å²) < 4.78 is 16.2. The molecule has 27 heavy (non-hydrogen) atoms. The van der Waals surface area contributed by atoms with Gasteiger partial charge in [-0.3, -0.25) is 0 Å². The summed E-state index contributed by atoms with van der Waals surface area (Å²) in [6.45, 7) is 3.95. The topological polar surface area (TPSA) is 128 Å². The van der Waals surface area contributed by atoms with E-state index in [1.54, 1.807) is 18.2 Å². The number of anilines is 1. The number of methoxy groups -OCH3 is 1. The Balaban J connectivity index is 1.70. The normalized spacial score (nSPS) is 10.6. The second-order valence-electron chi connectivity index (χ2n) is 5.52. The van der Waals surface area contributed by atoms with Crippen LogP contribution in [0.15, 0.2) is 27.0 Å². The highest BCUT2D eigenvalue weighted by Gasteiger charge is 2.14. The van der Waals surface area contributed by atoms with Crippen LogP contribution in [0.2, 0.25) is 0 Å². The maximum Gasteiger partial charge on any atom is 0.319 e. The zero-order valence-electron chi connectivity index (χ0n) is 15.3. The summed E-state index contributed by atoms with van der Waals surface area (Å²) in [4.78, 5) is 12.2. The van der Waals surface area contributed by atoms with Gasteiger partial charge in [-0.05, 0) is 18.2 Å². The van der Waals surface area contributed by atoms with Crippen LogP contribution in [0.1, 0.15) is 31.5 Å². The lowest BCUT2D eigenvalue weighted by Crippen LogP contribution is -2.28. The molecule has 2 aromatic heterocycles. The number of carbonyl (C=O) groups excluding carboxylic acids is 1. The largest absolute Gasteiger partial charge is 0.495 e. The third-order valence-electron chi connectivity index (χ3n) is 3.68. The lowest BCUT2D eigenvalue weighted by molar-refractivity contribution is 0.250. The van der Waals surface area contributed by atoms with Crippen LogP contribution in [0.5, 0.6) is 5.75 Å². The van der Waals surface area contributed by atoms with Crippen molar-refractivity contribution < 1.29 is 18.4 Å². The third kappa shape index (κ3) is 4.40. The Bertz CT molecular complexity index is 920. The van der Waals surface area contributed by atoms with Gasteiger partial charge in [-0.25, -0.2) is 4.79 Å². The number of ether oxygens (including phenoxy) is 1. The molecule has 10 heteroatoms. The van der Waals surface area contributed by atoms with Gasteiger partial charge in [-0.15, -0.1) is 20.4 Å². The second kappa shape index (κ2) is 8.30. The van der Waals surface area contributed by atoms with Crippen molar-refractivity contribution in [3.05, 3.63) is 35.9 Å². The minimum absolute atomic E-state index is 0.115. The standard InChI is InChI=1S/C17H20N6O4/c1-4-13-20-22-15(26-13)9-18-17(24)19-11-8-10(6-7-12(11)25-3)16-23-21-14(5-2)27-16/h6-8H,4-5,9H2,1-3H3,(H2,18,19,24). The molecule has 3 aromatic rings. The van der Waals surface area contributed by atoms with Crippen LogP contribution in [0.25, 0.3) is 11.5 Å². The Morgan fingerprint density at radius 3 is 2.41 bits per heavy atom. The monoisotopic (exact) mass is 372 g/mol. The van der Waals surface area contributed by atoms with E-state index in [1.807, 2.05) is 13.8 Å². The molecule has 0 aliphatic rings. The highest BCUT2D eigenvalue weighted by atomic mass is 16.5. The predicted octanol–water partition coefficient (Wildman–Crippen LogP) is 2.57. The summed E-state index contributed by atoms with van der Waals surface area (Å²) in [5.41, 5.74) is 1.13. The molecule has 142 valence electrons. The maximum atomic E-state index is 12.2. The van der Waals surface area contributed by atoms with Crippen LogP contribution in [-0.2, 0) is 19.4 Å². The minimum Gasteiger partial charge on any atom is -0.495 e. The number of nitrogens with one attached hydrogen (secondary N) is 2. The molecule has 0 atom stereocenters. The number of benzene rings is 1. The molecule has 2 heterocycles. The smallest absolute Gasteiger partial charge is 0.319 e. The van der Waals surface area contributed by atoms with Gasteiger partial charge in [0.15, 0.2) is 0 Å². The molecule has 0 radical (unpaired) electrons. The maximum absolute atomic E-state index is 12.2. The summed E-state index contributed by atoms with van der Waals surface area (Å²) in [5, 5.41) is 21.0. The van der Waals surface area contributed by atoms with Crippen molar-refractivity contribution >= 4 is 11.7 Å². The molecule has 0 fully saturated rings. The molecule has 0 spiro atoms. The van der Waals surface area contributed by atoms with Crippen LogP contribution < -0.4 is 15.4 Å². The number of rotatable bonds is 7. The van der Waals surface area contributed by atoms with Crippen molar-refractivity contribution in [1.82, 2.24) is 25.7 Å². The number of carbonyl (C=O) groups is 1. The second-order valence-corrected chi connectivity index (χ2v) is 5.52. The summed E-state index contributed by atoms with van der Waals surface area (Å²) in [5.74, 6) is 2.26. The average molecular weight is 372 g/mol. The van der Waals surface area contributed by atoms with Crippen LogP contribution >= 0.6 is 0 Å². The first-order chi connectivity index (χ1) is 13.1. The van der Waals surface area contributed by atoms with Crippen molar-refractivity contribution in [2.24, 2.45) is 0 Å². The van der Waals surface area contributed by atoms with Gasteiger partial charge < -0.3 is 24.2 Å². The van der Waals surface area contributed by atoms with Crippen LogP contribution in [0.4, 0.5) is 10.5 Å². The first kappa shape index (κ1) is 18.4. The lowest BCUT2D eigenvalue weighted by atomic mass is 10.2. The number of urea groups is 1. The number of aromatic nitrogens is 4. The summed E-state index contributed by atoms with van der Waals surface area (Å²) in [6.07, 6.45) is 1.28. The Morgan fingerprint density at radius 1 is 1.04 bits per heavy atom. The fourth-order valence-electron chi connectivity index (χ4n) is 2.28. The number of nitrogens with zero attached hydrogens (tertiary/aromatic N) is 4. The molecule has 0 bridgehead atoms. The molecule has 1 aromatic carbocycles. The SMILES string of the molecule is CCc1nnc(CNC(=O)Nc2cc(-c3nnc(CC)o3)ccc2OC)o1. The van der Waals surface area contributed by atoms with E-state index >= 15 is 0 Å². The van der Waals surface area contributed by atoms with Gasteiger partial charge in [0.1, 0.15) is 5.75 Å². The Hall–Kier alpha value is -3.43. The van der Waals surface area contributed by atoms with Crippen molar-refractivity contribution in [2.75, 3.05) is 12.4 Å². The van der Waals surface area contributed by atoms with Crippen molar-refractivity contribution in [1.29, 1.82) is 0 Å². The number of aryl methyl sites for hydroxylation is 2. The lowest BCUT2D eigenvalue weighted by Gasteiger charge is -2.11. The van der Waals surface area contributed by atoms with Crippen LogP contribution in [0, 0.1) is 0 Å². The van der Waals surface area contributed by atoms with Gasteiger partial charge in [0.05, 0.1) is 19.3 Å². The Morgan fingerprint density at radius 2 is 1.74 bits per heavy atom. The van der Waals surface area contributed by atoms with Gasteiger partial charge in [0.25, 0.3) is 0 Å². The van der Waals surface area contributed by atoms with Gasteiger partial charge in [0, 0.05) is 18.4 Å². The molecule has 0 aliphatic carbocycles. The van der Waals surface area contributed by atoms with Gasteiger partial charge in [-0.2, -0.15) is 0 Å². The molecule has 3 rings (SSSR count). The fraction of sp³-hybridized carbons (Fsp3) is 0.353. The molecule has 2 amide bonds. The summed E-state index contributed by atoms with van der Waals surface area (Å²) >= 11 is 0. The number of amides is 2. The predicted molar refractivity (Wildman–Crippen MR) is 95.2 cm³/mol. The molecule has 0 aliphatic heterocycles. The van der Waals surface area contributed by atoms with E-state index in [4.69, 9.17) is 13.6 Å². The van der Waals surface area contributed by atoms with Crippen LogP contribution in [-0.4, -0.2) is 33.5 Å². The highest BCUT2D eigenvalue weighted by Crippen LogP contribution is 2.30. The Kier molecular flexibility index (Phi) is 5.64. The molecule has 10 nitrogen and oxygen atoms in total. The van der Waals surface area contributed by atoms with E-state index < -0.39 is 6.03 Å². The average Bonchev–Trinajstić information content (AvgIpc) is 3.35. The Labute approximate surface area is 155 Å². The van der Waals surface area contributed by atoms with Crippen LogP contribution in [0.3, 0.4) is 0 Å². The van der Waals surface area contributed by atoms with E-state index in [-0.39, 0.29) is 6.54 Å².